The van der Waals surface area contributed by atoms with Crippen LogP contribution in [-0.2, 0) is 0 Å². The summed E-state index contributed by atoms with van der Waals surface area (Å²) in [4.78, 5) is 4.73. The minimum atomic E-state index is 0.337. The Bertz CT molecular complexity index is 3850. The molecule has 0 spiro atoms. The normalized spacial score (nSPS) is 16.0. The van der Waals surface area contributed by atoms with Crippen LogP contribution in [0.4, 0.5) is 28.4 Å². The van der Waals surface area contributed by atoms with Crippen LogP contribution in [0.25, 0.3) is 71.3 Å². The summed E-state index contributed by atoms with van der Waals surface area (Å²) in [6.07, 6.45) is 22.8. The summed E-state index contributed by atoms with van der Waals surface area (Å²) in [5.74, 6) is 0.700. The van der Waals surface area contributed by atoms with Crippen molar-refractivity contribution in [2.24, 2.45) is 11.8 Å². The van der Waals surface area contributed by atoms with E-state index < -0.39 is 0 Å². The van der Waals surface area contributed by atoms with Crippen LogP contribution >= 0.6 is 0 Å². The quantitative estimate of drug-likeness (QED) is 0.126. The molecule has 2 unspecified atom stereocenters. The number of nitrogens with zero attached hydrogens (tertiary/aromatic N) is 2. The molecule has 0 radical (unpaired) electrons. The minimum absolute atomic E-state index is 0.337. The van der Waals surface area contributed by atoms with Crippen molar-refractivity contribution >= 4 is 66.3 Å². The largest absolute Gasteiger partial charge is 0.314 e. The number of hydrogen-bond donors (Lipinski definition) is 0. The monoisotopic (exact) mass is 934 g/mol. The van der Waals surface area contributed by atoms with Crippen molar-refractivity contribution in [2.75, 3.05) is 9.80 Å². The Balaban J connectivity index is 1.00. The van der Waals surface area contributed by atoms with E-state index in [9.17, 15) is 0 Å². The fourth-order valence-corrected chi connectivity index (χ4v) is 11.6. The van der Waals surface area contributed by atoms with Gasteiger partial charge in [-0.25, -0.2) is 0 Å². The van der Waals surface area contributed by atoms with Crippen LogP contribution in [0.15, 0.2) is 284 Å². The van der Waals surface area contributed by atoms with Gasteiger partial charge < -0.3 is 9.80 Å². The third-order valence-electron chi connectivity index (χ3n) is 15.1. The summed E-state index contributed by atoms with van der Waals surface area (Å²) < 4.78 is 0. The zero-order valence-electron chi connectivity index (χ0n) is 40.9. The molecule has 73 heavy (non-hydrogen) atoms. The molecule has 10 aromatic rings. The van der Waals surface area contributed by atoms with Gasteiger partial charge >= 0.3 is 0 Å². The number of para-hydroxylation sites is 3. The summed E-state index contributed by atoms with van der Waals surface area (Å²) >= 11 is 0. The van der Waals surface area contributed by atoms with Gasteiger partial charge in [-0.2, -0.15) is 0 Å². The zero-order chi connectivity index (χ0) is 48.7. The van der Waals surface area contributed by atoms with Crippen LogP contribution < -0.4 is 9.80 Å². The summed E-state index contributed by atoms with van der Waals surface area (Å²) in [7, 11) is 0. The lowest BCUT2D eigenvalue weighted by molar-refractivity contribution is 0.585. The van der Waals surface area contributed by atoms with Crippen molar-refractivity contribution in [1.82, 2.24) is 0 Å². The predicted octanol–water partition coefficient (Wildman–Crippen LogP) is 19.7. The second-order valence-corrected chi connectivity index (χ2v) is 19.6. The predicted molar refractivity (Wildman–Crippen MR) is 312 cm³/mol. The molecule has 2 heteroatoms. The Kier molecular flexibility index (Phi) is 11.4. The second-order valence-electron chi connectivity index (χ2n) is 19.6. The molecule has 0 aromatic heterocycles. The fraction of sp³-hybridized carbons (Fsp3) is 0.0704. The average Bonchev–Trinajstić information content (AvgIpc) is 3.46. The number of rotatable bonds is 10. The molecule has 10 aromatic carbocycles. The van der Waals surface area contributed by atoms with Gasteiger partial charge in [-0.3, -0.25) is 0 Å². The van der Waals surface area contributed by atoms with E-state index in [4.69, 9.17) is 0 Å². The van der Waals surface area contributed by atoms with Crippen molar-refractivity contribution in [3.63, 3.8) is 0 Å². The Morgan fingerprint density at radius 2 is 0.932 bits per heavy atom. The fourth-order valence-electron chi connectivity index (χ4n) is 11.6. The molecule has 0 saturated carbocycles. The maximum absolute atomic E-state index is 2.52. The third-order valence-corrected chi connectivity index (χ3v) is 15.1. The van der Waals surface area contributed by atoms with E-state index >= 15 is 0 Å². The van der Waals surface area contributed by atoms with Crippen LogP contribution in [0.1, 0.15) is 25.3 Å². The summed E-state index contributed by atoms with van der Waals surface area (Å²) in [5.41, 5.74) is 18.1. The van der Waals surface area contributed by atoms with Crippen molar-refractivity contribution in [3.05, 3.63) is 290 Å². The maximum Gasteiger partial charge on any atom is 0.0462 e. The lowest BCUT2D eigenvalue weighted by Gasteiger charge is -2.29. The number of fused-ring (bicyclic) bond motifs is 4. The molecule has 3 aliphatic carbocycles. The first-order chi connectivity index (χ1) is 36.1. The van der Waals surface area contributed by atoms with Gasteiger partial charge in [-0.05, 0) is 186 Å². The lowest BCUT2D eigenvalue weighted by Crippen LogP contribution is -2.17. The zero-order valence-corrected chi connectivity index (χ0v) is 40.9. The van der Waals surface area contributed by atoms with Crippen LogP contribution in [0.2, 0.25) is 0 Å². The molecule has 0 bridgehead atoms. The molecular formula is C71H54N2. The van der Waals surface area contributed by atoms with Crippen LogP contribution in [-0.4, -0.2) is 0 Å². The second kappa shape index (κ2) is 19.0. The molecule has 0 saturated heterocycles. The van der Waals surface area contributed by atoms with Gasteiger partial charge in [-0.1, -0.05) is 195 Å². The van der Waals surface area contributed by atoms with E-state index in [0.29, 0.717) is 11.8 Å². The van der Waals surface area contributed by atoms with Crippen LogP contribution in [0.5, 0.6) is 0 Å². The van der Waals surface area contributed by atoms with E-state index in [1.165, 1.54) is 93.8 Å². The van der Waals surface area contributed by atoms with Gasteiger partial charge in [0.25, 0.3) is 0 Å². The van der Waals surface area contributed by atoms with Crippen molar-refractivity contribution in [2.45, 2.75) is 19.8 Å². The Morgan fingerprint density at radius 1 is 0.411 bits per heavy atom. The summed E-state index contributed by atoms with van der Waals surface area (Å²) in [6.45, 7) is 2.37. The Labute approximate surface area is 428 Å². The SMILES string of the molecule is CC1C=C(c2c3cc(-c4ccc(N(C5=CC=CCC5)c5ccccc5)cc4)ccc3c(-c3ccc4ccccc4c3)c3cc(-c4ccc(N(c5ccccc5)c5ccccc5)cc4)ccc23)C=C2C=CC=CC21. The highest BCUT2D eigenvalue weighted by molar-refractivity contribution is 6.21. The molecule has 0 fully saturated rings. The van der Waals surface area contributed by atoms with Crippen molar-refractivity contribution in [1.29, 1.82) is 0 Å². The maximum atomic E-state index is 2.52. The first-order valence-corrected chi connectivity index (χ1v) is 25.7. The highest BCUT2D eigenvalue weighted by atomic mass is 15.2. The van der Waals surface area contributed by atoms with E-state index in [1.807, 2.05) is 0 Å². The molecule has 0 amide bonds. The number of hydrogen-bond acceptors (Lipinski definition) is 2. The van der Waals surface area contributed by atoms with Gasteiger partial charge in [0.05, 0.1) is 0 Å². The number of allylic oxidation sites excluding steroid dienone is 12. The topological polar surface area (TPSA) is 6.48 Å². The van der Waals surface area contributed by atoms with Gasteiger partial charge in [-0.15, -0.1) is 0 Å². The highest BCUT2D eigenvalue weighted by Gasteiger charge is 2.26. The van der Waals surface area contributed by atoms with E-state index in [0.717, 1.165) is 35.6 Å². The molecule has 2 nitrogen and oxygen atoms in total. The third kappa shape index (κ3) is 8.31. The average molecular weight is 935 g/mol. The molecule has 3 aliphatic rings. The first-order valence-electron chi connectivity index (χ1n) is 25.7. The lowest BCUT2D eigenvalue weighted by atomic mass is 9.75. The first kappa shape index (κ1) is 44.0. The molecule has 348 valence electrons. The number of benzene rings is 10. The summed E-state index contributed by atoms with van der Waals surface area (Å²) in [5, 5.41) is 7.46. The Hall–Kier alpha value is -8.98. The highest BCUT2D eigenvalue weighted by Crippen LogP contribution is 2.48. The van der Waals surface area contributed by atoms with Crippen molar-refractivity contribution in [3.8, 4) is 33.4 Å². The molecule has 13 rings (SSSR count). The molecular weight excluding hydrogens is 881 g/mol. The van der Waals surface area contributed by atoms with E-state index in [2.05, 4.69) is 290 Å². The van der Waals surface area contributed by atoms with Crippen LogP contribution in [0, 0.1) is 11.8 Å². The van der Waals surface area contributed by atoms with E-state index in [-0.39, 0.29) is 0 Å². The standard InChI is InChI=1S/C71H54N2/c1-49-44-58(46-56-20-16-17-29-65(49)56)71-67-43-37-54(51-32-38-63(39-33-51)72(59-21-6-2-7-22-59)60-23-8-3-9-24-60)47-68(67)70(57-31-30-50-18-14-15-19-53(50)45-57)66-42-36-55(48-69(66)71)52-34-40-64(41-35-52)73(61-25-10-4-11-26-61)62-27-12-5-13-28-62/h2-12,14-27,29-49,65H,13,28H2,1H3. The molecule has 0 heterocycles. The molecule has 0 aliphatic heterocycles. The van der Waals surface area contributed by atoms with Gasteiger partial charge in [0.1, 0.15) is 0 Å². The van der Waals surface area contributed by atoms with Gasteiger partial charge in [0, 0.05) is 40.1 Å². The van der Waals surface area contributed by atoms with Crippen molar-refractivity contribution < 1.29 is 0 Å². The van der Waals surface area contributed by atoms with Crippen LogP contribution in [0.3, 0.4) is 0 Å². The van der Waals surface area contributed by atoms with Gasteiger partial charge in [0.15, 0.2) is 0 Å². The Morgan fingerprint density at radius 3 is 1.55 bits per heavy atom. The minimum Gasteiger partial charge on any atom is -0.314 e. The smallest absolute Gasteiger partial charge is 0.0462 e. The number of anilines is 5. The van der Waals surface area contributed by atoms with Gasteiger partial charge in [0.2, 0.25) is 0 Å². The van der Waals surface area contributed by atoms with E-state index in [1.54, 1.807) is 0 Å². The summed E-state index contributed by atoms with van der Waals surface area (Å²) in [6, 6.07) is 80.5. The molecule has 2 atom stereocenters. The molecule has 0 N–H and O–H groups in total.